The molecule has 2 atom stereocenters. The lowest BCUT2D eigenvalue weighted by molar-refractivity contribution is -0.142. The van der Waals surface area contributed by atoms with Crippen molar-refractivity contribution in [3.05, 3.63) is 101 Å². The zero-order valence-electron chi connectivity index (χ0n) is 20.7. The molecule has 0 saturated carbocycles. The quantitative estimate of drug-likeness (QED) is 0.276. The average Bonchev–Trinajstić information content (AvgIpc) is 3.20. The maximum atomic E-state index is 13.4. The van der Waals surface area contributed by atoms with Crippen LogP contribution in [-0.4, -0.2) is 42.8 Å². The van der Waals surface area contributed by atoms with E-state index >= 15 is 0 Å². The van der Waals surface area contributed by atoms with Crippen LogP contribution in [0.2, 0.25) is 0 Å². The van der Waals surface area contributed by atoms with Crippen molar-refractivity contribution in [3.8, 4) is 0 Å². The van der Waals surface area contributed by atoms with Gasteiger partial charge in [-0.2, -0.15) is 0 Å². The highest BCUT2D eigenvalue weighted by molar-refractivity contribution is 6.13. The Morgan fingerprint density at radius 2 is 1.50 bits per heavy atom. The fraction of sp³-hybridized carbons (Fsp3) is 0.241. The van der Waals surface area contributed by atoms with Gasteiger partial charge in [-0.3, -0.25) is 14.7 Å². The Bertz CT molecular complexity index is 1250. The number of nitrogens with zero attached hydrogens (tertiary/aromatic N) is 2. The van der Waals surface area contributed by atoms with Crippen LogP contribution in [-0.2, 0) is 14.3 Å². The van der Waals surface area contributed by atoms with Gasteiger partial charge in [0.2, 0.25) is 0 Å². The molecule has 0 N–H and O–H groups in total. The SMILES string of the molecule is COC(=O)[C@H]1[C@H](N=C(c2ccccc2)c2ccccc2)c2cc(C=O)ccc2N1C(=O)OC(C)(C)C. The van der Waals surface area contributed by atoms with Crippen LogP contribution < -0.4 is 4.90 Å². The molecule has 3 aromatic rings. The number of ether oxygens (including phenoxy) is 2. The molecule has 1 heterocycles. The highest BCUT2D eigenvalue weighted by atomic mass is 16.6. The first-order valence-corrected chi connectivity index (χ1v) is 11.6. The van der Waals surface area contributed by atoms with E-state index in [0.717, 1.165) is 17.4 Å². The van der Waals surface area contributed by atoms with Crippen molar-refractivity contribution in [1.29, 1.82) is 0 Å². The molecule has 0 bridgehead atoms. The summed E-state index contributed by atoms with van der Waals surface area (Å²) in [5.74, 6) is -0.640. The monoisotopic (exact) mass is 484 g/mol. The number of carbonyl (C=O) groups is 3. The first-order chi connectivity index (χ1) is 17.2. The number of benzene rings is 3. The number of hydrogen-bond acceptors (Lipinski definition) is 6. The molecule has 36 heavy (non-hydrogen) atoms. The van der Waals surface area contributed by atoms with Crippen molar-refractivity contribution in [2.24, 2.45) is 4.99 Å². The van der Waals surface area contributed by atoms with Crippen molar-refractivity contribution >= 4 is 29.7 Å². The van der Waals surface area contributed by atoms with Gasteiger partial charge in [0.05, 0.1) is 18.5 Å². The number of methoxy groups -OCH3 is 1. The Morgan fingerprint density at radius 1 is 0.917 bits per heavy atom. The van der Waals surface area contributed by atoms with Crippen LogP contribution in [0.3, 0.4) is 0 Å². The van der Waals surface area contributed by atoms with Crippen LogP contribution in [0, 0.1) is 0 Å². The highest BCUT2D eigenvalue weighted by Crippen LogP contribution is 2.44. The third-order valence-electron chi connectivity index (χ3n) is 5.74. The van der Waals surface area contributed by atoms with E-state index in [9.17, 15) is 14.4 Å². The van der Waals surface area contributed by atoms with Gasteiger partial charge in [0, 0.05) is 22.3 Å². The van der Waals surface area contributed by atoms with Crippen molar-refractivity contribution in [1.82, 2.24) is 0 Å². The number of carbonyl (C=O) groups excluding carboxylic acids is 3. The number of fused-ring (bicyclic) bond motifs is 1. The lowest BCUT2D eigenvalue weighted by Crippen LogP contribution is -2.47. The minimum Gasteiger partial charge on any atom is -0.467 e. The molecule has 0 unspecified atom stereocenters. The first-order valence-electron chi connectivity index (χ1n) is 11.6. The van der Waals surface area contributed by atoms with Crippen LogP contribution in [0.4, 0.5) is 10.5 Å². The van der Waals surface area contributed by atoms with Crippen LogP contribution in [0.5, 0.6) is 0 Å². The Kier molecular flexibility index (Phi) is 7.01. The summed E-state index contributed by atoms with van der Waals surface area (Å²) in [6.07, 6.45) is 0.0243. The van der Waals surface area contributed by atoms with Crippen molar-refractivity contribution in [3.63, 3.8) is 0 Å². The standard InChI is InChI=1S/C29H28N2O5/c1-29(2,3)36-28(34)31-23-16-15-19(18-32)17-22(23)25(26(31)27(33)35-4)30-24(20-11-7-5-8-12-20)21-13-9-6-10-14-21/h5-18,25-26H,1-4H3/t25-,26-/m1/s1. The second kappa shape index (κ2) is 10.2. The van der Waals surface area contributed by atoms with Crippen LogP contribution in [0.25, 0.3) is 0 Å². The summed E-state index contributed by atoms with van der Waals surface area (Å²) in [7, 11) is 1.27. The molecule has 7 nitrogen and oxygen atoms in total. The number of rotatable bonds is 5. The Morgan fingerprint density at radius 3 is 2.00 bits per heavy atom. The van der Waals surface area contributed by atoms with Gasteiger partial charge in [-0.05, 0) is 39.0 Å². The Labute approximate surface area is 210 Å². The lowest BCUT2D eigenvalue weighted by atomic mass is 9.98. The predicted octanol–water partition coefficient (Wildman–Crippen LogP) is 5.37. The van der Waals surface area contributed by atoms with Gasteiger partial charge in [-0.15, -0.1) is 0 Å². The van der Waals surface area contributed by atoms with Gasteiger partial charge in [0.15, 0.2) is 6.04 Å². The molecule has 3 aromatic carbocycles. The number of aldehydes is 1. The third-order valence-corrected chi connectivity index (χ3v) is 5.74. The summed E-state index contributed by atoms with van der Waals surface area (Å²) in [6, 6.07) is 22.1. The lowest BCUT2D eigenvalue weighted by Gasteiger charge is -2.29. The Hall–Kier alpha value is -4.26. The fourth-order valence-electron chi connectivity index (χ4n) is 4.23. The normalized spacial score (nSPS) is 16.6. The molecule has 1 aliphatic heterocycles. The van der Waals surface area contributed by atoms with E-state index in [1.165, 1.54) is 12.0 Å². The minimum absolute atomic E-state index is 0.407. The number of anilines is 1. The Balaban J connectivity index is 1.95. The van der Waals surface area contributed by atoms with Gasteiger partial charge < -0.3 is 9.47 Å². The molecular formula is C29H28N2O5. The molecule has 184 valence electrons. The summed E-state index contributed by atoms with van der Waals surface area (Å²) in [6.45, 7) is 5.26. The average molecular weight is 485 g/mol. The van der Waals surface area contributed by atoms with Crippen molar-refractivity contribution in [2.45, 2.75) is 38.5 Å². The molecule has 7 heteroatoms. The summed E-state index contributed by atoms with van der Waals surface area (Å²) in [4.78, 5) is 44.5. The van der Waals surface area contributed by atoms with Crippen molar-refractivity contribution in [2.75, 3.05) is 12.0 Å². The summed E-state index contributed by atoms with van der Waals surface area (Å²) >= 11 is 0. The van der Waals surface area contributed by atoms with Gasteiger partial charge >= 0.3 is 12.1 Å². The van der Waals surface area contributed by atoms with Crippen LogP contribution in [0.1, 0.15) is 53.9 Å². The topological polar surface area (TPSA) is 85.3 Å². The van der Waals surface area contributed by atoms with E-state index in [2.05, 4.69) is 0 Å². The van der Waals surface area contributed by atoms with E-state index in [1.807, 2.05) is 60.7 Å². The summed E-state index contributed by atoms with van der Waals surface area (Å²) in [5.41, 5.74) is 2.95. The largest absolute Gasteiger partial charge is 0.467 e. The van der Waals surface area contributed by atoms with Gasteiger partial charge in [-0.25, -0.2) is 9.59 Å². The maximum Gasteiger partial charge on any atom is 0.415 e. The van der Waals surface area contributed by atoms with E-state index in [0.29, 0.717) is 22.5 Å². The number of hydrogen-bond donors (Lipinski definition) is 0. The van der Waals surface area contributed by atoms with E-state index < -0.39 is 29.7 Å². The molecule has 0 aliphatic carbocycles. The number of amides is 1. The van der Waals surface area contributed by atoms with E-state index in [-0.39, 0.29) is 0 Å². The number of esters is 1. The summed E-state index contributed by atoms with van der Waals surface area (Å²) in [5, 5.41) is 0. The van der Waals surface area contributed by atoms with E-state index in [4.69, 9.17) is 14.5 Å². The molecular weight excluding hydrogens is 456 g/mol. The first kappa shape index (κ1) is 24.9. The van der Waals surface area contributed by atoms with Gasteiger partial charge in [-0.1, -0.05) is 60.7 Å². The van der Waals surface area contributed by atoms with Crippen molar-refractivity contribution < 1.29 is 23.9 Å². The molecule has 0 fully saturated rings. The molecule has 0 aromatic heterocycles. The zero-order chi connectivity index (χ0) is 25.9. The predicted molar refractivity (Wildman–Crippen MR) is 138 cm³/mol. The van der Waals surface area contributed by atoms with E-state index in [1.54, 1.807) is 39.0 Å². The molecule has 4 rings (SSSR count). The maximum absolute atomic E-state index is 13.4. The van der Waals surface area contributed by atoms with Gasteiger partial charge in [0.1, 0.15) is 17.9 Å². The molecule has 1 aliphatic rings. The number of aliphatic imine (C=N–C) groups is 1. The zero-order valence-corrected chi connectivity index (χ0v) is 20.7. The van der Waals surface area contributed by atoms with Crippen LogP contribution in [0.15, 0.2) is 83.9 Å². The molecule has 0 spiro atoms. The second-order valence-electron chi connectivity index (χ2n) is 9.41. The van der Waals surface area contributed by atoms with Gasteiger partial charge in [0.25, 0.3) is 0 Å². The minimum atomic E-state index is -1.12. The fourth-order valence-corrected chi connectivity index (χ4v) is 4.23. The highest BCUT2D eigenvalue weighted by Gasteiger charge is 2.48. The molecule has 0 radical (unpaired) electrons. The molecule has 1 amide bonds. The summed E-state index contributed by atoms with van der Waals surface area (Å²) < 4.78 is 10.8. The second-order valence-corrected chi connectivity index (χ2v) is 9.41. The third kappa shape index (κ3) is 5.05. The smallest absolute Gasteiger partial charge is 0.415 e. The van der Waals surface area contributed by atoms with Crippen LogP contribution >= 0.6 is 0 Å². The molecule has 0 saturated heterocycles.